The van der Waals surface area contributed by atoms with Gasteiger partial charge < -0.3 is 9.64 Å². The van der Waals surface area contributed by atoms with Gasteiger partial charge in [0.05, 0.1) is 11.5 Å². The predicted octanol–water partition coefficient (Wildman–Crippen LogP) is 6.45. The van der Waals surface area contributed by atoms with Gasteiger partial charge in [0, 0.05) is 7.05 Å². The van der Waals surface area contributed by atoms with E-state index in [1.807, 2.05) is 11.4 Å². The Balaban J connectivity index is 1.88. The van der Waals surface area contributed by atoms with Crippen LogP contribution in [0.25, 0.3) is 0 Å². The van der Waals surface area contributed by atoms with E-state index in [1.165, 1.54) is 86.9 Å². The van der Waals surface area contributed by atoms with Gasteiger partial charge in [0.15, 0.2) is 0 Å². The molecule has 0 spiro atoms. The van der Waals surface area contributed by atoms with E-state index in [1.54, 1.807) is 13.1 Å². The summed E-state index contributed by atoms with van der Waals surface area (Å²) in [7, 11) is 1.63. The summed E-state index contributed by atoms with van der Waals surface area (Å²) in [6.45, 7) is 2.73. The van der Waals surface area contributed by atoms with Crippen molar-refractivity contribution in [2.45, 2.75) is 90.4 Å². The van der Waals surface area contributed by atoms with Crippen LogP contribution in [-0.2, 0) is 9.53 Å². The summed E-state index contributed by atoms with van der Waals surface area (Å²) in [6.07, 6.45) is 16.9. The van der Waals surface area contributed by atoms with E-state index >= 15 is 0 Å². The zero-order valence-corrected chi connectivity index (χ0v) is 18.7. The summed E-state index contributed by atoms with van der Waals surface area (Å²) in [4.78, 5) is 26.0. The molecule has 0 aliphatic rings. The molecule has 5 heteroatoms. The van der Waals surface area contributed by atoms with Crippen molar-refractivity contribution in [2.24, 2.45) is 0 Å². The quantitative estimate of drug-likeness (QED) is 0.219. The highest BCUT2D eigenvalue weighted by molar-refractivity contribution is 7.12. The number of carbonyl (C=O) groups excluding carboxylic acids is 2. The number of unbranched alkanes of at least 4 members (excludes halogenated alkanes) is 12. The first-order valence-corrected chi connectivity index (χ1v) is 12.0. The second-order valence-corrected chi connectivity index (χ2v) is 8.55. The third-order valence-corrected chi connectivity index (χ3v) is 5.81. The van der Waals surface area contributed by atoms with E-state index in [0.29, 0.717) is 11.5 Å². The lowest BCUT2D eigenvalue weighted by molar-refractivity contribution is -0.144. The van der Waals surface area contributed by atoms with Crippen LogP contribution in [0.5, 0.6) is 0 Å². The maximum absolute atomic E-state index is 12.1. The Morgan fingerprint density at radius 1 is 0.893 bits per heavy atom. The summed E-state index contributed by atoms with van der Waals surface area (Å²) in [5, 5.41) is 1.86. The van der Waals surface area contributed by atoms with Gasteiger partial charge >= 0.3 is 5.97 Å². The third kappa shape index (κ3) is 12.2. The lowest BCUT2D eigenvalue weighted by Crippen LogP contribution is -2.32. The number of carbonyl (C=O) groups is 2. The molecule has 0 atom stereocenters. The minimum atomic E-state index is -0.327. The number of likely N-dealkylation sites (N-methyl/N-ethyl adjacent to an activating group) is 1. The largest absolute Gasteiger partial charge is 0.464 e. The Morgan fingerprint density at radius 3 is 1.93 bits per heavy atom. The highest BCUT2D eigenvalue weighted by atomic mass is 32.1. The number of rotatable bonds is 17. The number of ether oxygens (including phenoxy) is 1. The van der Waals surface area contributed by atoms with Gasteiger partial charge in [0.25, 0.3) is 5.91 Å². The van der Waals surface area contributed by atoms with Gasteiger partial charge in [-0.2, -0.15) is 0 Å². The number of amides is 1. The molecule has 28 heavy (non-hydrogen) atoms. The van der Waals surface area contributed by atoms with Crippen molar-refractivity contribution in [1.29, 1.82) is 0 Å². The summed E-state index contributed by atoms with van der Waals surface area (Å²) in [5.74, 6) is -0.459. The summed E-state index contributed by atoms with van der Waals surface area (Å²) in [6, 6.07) is 3.60. The van der Waals surface area contributed by atoms with E-state index < -0.39 is 0 Å². The van der Waals surface area contributed by atoms with Gasteiger partial charge in [-0.05, 0) is 17.9 Å². The van der Waals surface area contributed by atoms with Crippen molar-refractivity contribution in [3.05, 3.63) is 22.4 Å². The van der Waals surface area contributed by atoms with E-state index in [9.17, 15) is 9.59 Å². The Bertz CT molecular complexity index is 516. The SMILES string of the molecule is CCCCCCCCCCCCCCCOC(=O)CN(C)C(=O)c1cccs1. The fraction of sp³-hybridized carbons (Fsp3) is 0.739. The number of hydrogen-bond acceptors (Lipinski definition) is 4. The average molecular weight is 410 g/mol. The molecule has 0 saturated carbocycles. The molecule has 1 heterocycles. The molecule has 0 unspecified atom stereocenters. The molecule has 0 bridgehead atoms. The van der Waals surface area contributed by atoms with Crippen LogP contribution in [-0.4, -0.2) is 37.0 Å². The molecule has 160 valence electrons. The van der Waals surface area contributed by atoms with Crippen LogP contribution in [0.3, 0.4) is 0 Å². The molecule has 1 amide bonds. The standard InChI is InChI=1S/C23H39NO3S/c1-3-4-5-6-7-8-9-10-11-12-13-14-15-18-27-22(25)20-24(2)23(26)21-17-16-19-28-21/h16-17,19H,3-15,18,20H2,1-2H3. The second-order valence-electron chi connectivity index (χ2n) is 7.60. The van der Waals surface area contributed by atoms with Gasteiger partial charge in [-0.25, -0.2) is 0 Å². The van der Waals surface area contributed by atoms with Crippen LogP contribution in [0.4, 0.5) is 0 Å². The van der Waals surface area contributed by atoms with Crippen molar-refractivity contribution in [3.8, 4) is 0 Å². The predicted molar refractivity (Wildman–Crippen MR) is 118 cm³/mol. The van der Waals surface area contributed by atoms with Gasteiger partial charge in [-0.1, -0.05) is 90.0 Å². The highest BCUT2D eigenvalue weighted by Crippen LogP contribution is 2.13. The zero-order valence-electron chi connectivity index (χ0n) is 17.9. The minimum absolute atomic E-state index is 0.00910. The molecule has 0 N–H and O–H groups in total. The number of nitrogens with zero attached hydrogens (tertiary/aromatic N) is 1. The Labute approximate surface area is 175 Å². The maximum Gasteiger partial charge on any atom is 0.325 e. The number of hydrogen-bond donors (Lipinski definition) is 0. The molecule has 4 nitrogen and oxygen atoms in total. The lowest BCUT2D eigenvalue weighted by atomic mass is 10.0. The molecule has 0 radical (unpaired) electrons. The first-order valence-electron chi connectivity index (χ1n) is 11.1. The normalized spacial score (nSPS) is 10.8. The maximum atomic E-state index is 12.1. The van der Waals surface area contributed by atoms with Crippen molar-refractivity contribution < 1.29 is 14.3 Å². The molecule has 0 saturated heterocycles. The first kappa shape index (κ1) is 24.7. The summed E-state index contributed by atoms with van der Waals surface area (Å²) >= 11 is 1.38. The molecule has 0 aromatic carbocycles. The molecule has 0 fully saturated rings. The second kappa shape index (κ2) is 16.6. The van der Waals surface area contributed by atoms with E-state index in [2.05, 4.69) is 6.92 Å². The van der Waals surface area contributed by atoms with Crippen molar-refractivity contribution >= 4 is 23.2 Å². The highest BCUT2D eigenvalue weighted by Gasteiger charge is 2.16. The van der Waals surface area contributed by atoms with Gasteiger partial charge in [-0.3, -0.25) is 9.59 Å². The Kier molecular flexibility index (Phi) is 14.6. The van der Waals surface area contributed by atoms with Gasteiger partial charge in [0.2, 0.25) is 0 Å². The van der Waals surface area contributed by atoms with Gasteiger partial charge in [0.1, 0.15) is 6.54 Å². The van der Waals surface area contributed by atoms with Gasteiger partial charge in [-0.15, -0.1) is 11.3 Å². The fourth-order valence-electron chi connectivity index (χ4n) is 3.21. The molecule has 1 aromatic heterocycles. The van der Waals surface area contributed by atoms with Crippen LogP contribution < -0.4 is 0 Å². The molecule has 0 aliphatic heterocycles. The van der Waals surface area contributed by atoms with Crippen molar-refractivity contribution in [3.63, 3.8) is 0 Å². The number of thiophene rings is 1. The van der Waals surface area contributed by atoms with E-state index in [0.717, 1.165) is 12.8 Å². The summed E-state index contributed by atoms with van der Waals surface area (Å²) in [5.41, 5.74) is 0. The Morgan fingerprint density at radius 2 is 1.43 bits per heavy atom. The van der Waals surface area contributed by atoms with Crippen molar-refractivity contribution in [2.75, 3.05) is 20.2 Å². The molecular formula is C23H39NO3S. The topological polar surface area (TPSA) is 46.6 Å². The zero-order chi connectivity index (χ0) is 20.5. The van der Waals surface area contributed by atoms with E-state index in [-0.39, 0.29) is 18.4 Å². The van der Waals surface area contributed by atoms with Crippen LogP contribution >= 0.6 is 11.3 Å². The molecule has 1 aromatic rings. The molecule has 1 rings (SSSR count). The van der Waals surface area contributed by atoms with Crippen LogP contribution in [0, 0.1) is 0 Å². The van der Waals surface area contributed by atoms with Crippen LogP contribution in [0.2, 0.25) is 0 Å². The van der Waals surface area contributed by atoms with E-state index in [4.69, 9.17) is 4.74 Å². The van der Waals surface area contributed by atoms with Crippen LogP contribution in [0.15, 0.2) is 17.5 Å². The number of esters is 1. The third-order valence-electron chi connectivity index (χ3n) is 4.96. The minimum Gasteiger partial charge on any atom is -0.464 e. The monoisotopic (exact) mass is 409 g/mol. The first-order chi connectivity index (χ1) is 13.6. The van der Waals surface area contributed by atoms with Crippen molar-refractivity contribution in [1.82, 2.24) is 4.90 Å². The average Bonchev–Trinajstić information content (AvgIpc) is 3.22. The smallest absolute Gasteiger partial charge is 0.325 e. The fourth-order valence-corrected chi connectivity index (χ4v) is 3.92. The summed E-state index contributed by atoms with van der Waals surface area (Å²) < 4.78 is 5.25. The molecular weight excluding hydrogens is 370 g/mol. The Hall–Kier alpha value is -1.36. The van der Waals surface area contributed by atoms with Crippen LogP contribution in [0.1, 0.15) is 100 Å². The lowest BCUT2D eigenvalue weighted by Gasteiger charge is -2.15. The molecule has 0 aliphatic carbocycles.